The molecule has 0 bridgehead atoms. The second-order valence-electron chi connectivity index (χ2n) is 3.26. The van der Waals surface area contributed by atoms with Gasteiger partial charge in [0, 0.05) is 18.3 Å². The van der Waals surface area contributed by atoms with E-state index in [1.807, 2.05) is 19.9 Å². The minimum Gasteiger partial charge on any atom is -0.484 e. The van der Waals surface area contributed by atoms with Gasteiger partial charge in [-0.2, -0.15) is 0 Å². The first-order valence-corrected chi connectivity index (χ1v) is 4.89. The summed E-state index contributed by atoms with van der Waals surface area (Å²) < 4.78 is 5.26. The summed E-state index contributed by atoms with van der Waals surface area (Å²) in [5, 5.41) is 2.65. The third-order valence-electron chi connectivity index (χ3n) is 1.99. The highest BCUT2D eigenvalue weighted by Gasteiger charge is 2.02. The van der Waals surface area contributed by atoms with Gasteiger partial charge in [0.05, 0.1) is 0 Å². The molecule has 0 atom stereocenters. The Morgan fingerprint density at radius 2 is 2.27 bits per heavy atom. The number of aryl methyl sites for hydroxylation is 1. The Bertz CT molecular complexity index is 350. The first kappa shape index (κ1) is 11.4. The topological polar surface area (TPSA) is 64.3 Å². The van der Waals surface area contributed by atoms with Crippen LogP contribution in [0.4, 0.5) is 5.69 Å². The first-order valence-electron chi connectivity index (χ1n) is 4.89. The Kier molecular flexibility index (Phi) is 3.97. The van der Waals surface area contributed by atoms with Crippen molar-refractivity contribution in [2.75, 3.05) is 18.9 Å². The quantitative estimate of drug-likeness (QED) is 0.728. The van der Waals surface area contributed by atoms with Crippen molar-refractivity contribution in [1.29, 1.82) is 0 Å². The molecule has 0 saturated heterocycles. The number of likely N-dealkylation sites (N-methyl/N-ethyl adjacent to an activating group) is 1. The third kappa shape index (κ3) is 3.50. The zero-order valence-electron chi connectivity index (χ0n) is 9.04. The summed E-state index contributed by atoms with van der Waals surface area (Å²) in [7, 11) is 0. The monoisotopic (exact) mass is 208 g/mol. The molecule has 0 fully saturated rings. The minimum absolute atomic E-state index is 0.0241. The third-order valence-corrected chi connectivity index (χ3v) is 1.99. The summed E-state index contributed by atoms with van der Waals surface area (Å²) in [5.74, 6) is 0.487. The fourth-order valence-electron chi connectivity index (χ4n) is 1.11. The SMILES string of the molecule is CCNC(=O)COc1ccc(C)c(N)c1. The van der Waals surface area contributed by atoms with Crippen molar-refractivity contribution in [3.8, 4) is 5.75 Å². The van der Waals surface area contributed by atoms with Gasteiger partial charge in [0.15, 0.2) is 6.61 Å². The van der Waals surface area contributed by atoms with Gasteiger partial charge in [-0.05, 0) is 25.5 Å². The number of nitrogens with two attached hydrogens (primary N) is 1. The van der Waals surface area contributed by atoms with Crippen LogP contribution in [-0.2, 0) is 4.79 Å². The predicted octanol–water partition coefficient (Wildman–Crippen LogP) is 1.09. The molecule has 4 nitrogen and oxygen atoms in total. The van der Waals surface area contributed by atoms with Crippen LogP contribution in [0.25, 0.3) is 0 Å². The number of carbonyl (C=O) groups is 1. The molecule has 0 unspecified atom stereocenters. The molecule has 0 heterocycles. The van der Waals surface area contributed by atoms with Crippen LogP contribution in [-0.4, -0.2) is 19.1 Å². The van der Waals surface area contributed by atoms with Gasteiger partial charge in [-0.25, -0.2) is 0 Å². The van der Waals surface area contributed by atoms with Gasteiger partial charge < -0.3 is 15.8 Å². The Balaban J connectivity index is 2.51. The highest BCUT2D eigenvalue weighted by Crippen LogP contribution is 2.18. The Hall–Kier alpha value is -1.71. The normalized spacial score (nSPS) is 9.73. The van der Waals surface area contributed by atoms with Crippen LogP contribution in [0, 0.1) is 6.92 Å². The van der Waals surface area contributed by atoms with Crippen molar-refractivity contribution in [1.82, 2.24) is 5.32 Å². The van der Waals surface area contributed by atoms with Crippen LogP contribution in [0.5, 0.6) is 5.75 Å². The molecule has 0 spiro atoms. The molecule has 3 N–H and O–H groups in total. The number of nitrogens with one attached hydrogen (secondary N) is 1. The largest absolute Gasteiger partial charge is 0.484 e. The van der Waals surface area contributed by atoms with E-state index in [4.69, 9.17) is 10.5 Å². The molecule has 1 aromatic rings. The molecular weight excluding hydrogens is 192 g/mol. The van der Waals surface area contributed by atoms with E-state index in [0.29, 0.717) is 18.0 Å². The second kappa shape index (κ2) is 5.24. The highest BCUT2D eigenvalue weighted by atomic mass is 16.5. The standard InChI is InChI=1S/C11H16N2O2/c1-3-13-11(14)7-15-9-5-4-8(2)10(12)6-9/h4-6H,3,7,12H2,1-2H3,(H,13,14). The Morgan fingerprint density at radius 3 is 2.87 bits per heavy atom. The summed E-state index contributed by atoms with van der Waals surface area (Å²) in [6.45, 7) is 4.42. The number of hydrogen-bond acceptors (Lipinski definition) is 3. The maximum absolute atomic E-state index is 11.1. The van der Waals surface area contributed by atoms with E-state index in [2.05, 4.69) is 5.32 Å². The number of rotatable bonds is 4. The zero-order chi connectivity index (χ0) is 11.3. The summed E-state index contributed by atoms with van der Waals surface area (Å²) in [6.07, 6.45) is 0. The van der Waals surface area contributed by atoms with Gasteiger partial charge >= 0.3 is 0 Å². The molecule has 15 heavy (non-hydrogen) atoms. The molecule has 4 heteroatoms. The van der Waals surface area contributed by atoms with E-state index in [1.165, 1.54) is 0 Å². The van der Waals surface area contributed by atoms with Gasteiger partial charge in [0.2, 0.25) is 0 Å². The van der Waals surface area contributed by atoms with Crippen LogP contribution >= 0.6 is 0 Å². The molecule has 0 aromatic heterocycles. The number of nitrogen functional groups attached to an aromatic ring is 1. The number of carbonyl (C=O) groups excluding carboxylic acids is 1. The molecule has 0 aliphatic heterocycles. The average molecular weight is 208 g/mol. The predicted molar refractivity (Wildman–Crippen MR) is 59.8 cm³/mol. The van der Waals surface area contributed by atoms with E-state index in [-0.39, 0.29) is 12.5 Å². The van der Waals surface area contributed by atoms with Crippen LogP contribution in [0.1, 0.15) is 12.5 Å². The van der Waals surface area contributed by atoms with Crippen molar-refractivity contribution in [2.45, 2.75) is 13.8 Å². The van der Waals surface area contributed by atoms with E-state index in [9.17, 15) is 4.79 Å². The van der Waals surface area contributed by atoms with E-state index >= 15 is 0 Å². The van der Waals surface area contributed by atoms with Gasteiger partial charge in [0.1, 0.15) is 5.75 Å². The zero-order valence-corrected chi connectivity index (χ0v) is 9.04. The lowest BCUT2D eigenvalue weighted by Crippen LogP contribution is -2.28. The van der Waals surface area contributed by atoms with Crippen LogP contribution in [0.3, 0.4) is 0 Å². The lowest BCUT2D eigenvalue weighted by atomic mass is 10.2. The number of anilines is 1. The number of ether oxygens (including phenoxy) is 1. The molecule has 82 valence electrons. The molecular formula is C11H16N2O2. The molecule has 0 radical (unpaired) electrons. The smallest absolute Gasteiger partial charge is 0.257 e. The van der Waals surface area contributed by atoms with Crippen LogP contribution in [0.15, 0.2) is 18.2 Å². The van der Waals surface area contributed by atoms with Gasteiger partial charge in [-0.3, -0.25) is 4.79 Å². The Labute approximate surface area is 89.4 Å². The summed E-state index contributed by atoms with van der Waals surface area (Å²) in [4.78, 5) is 11.1. The number of hydrogen-bond donors (Lipinski definition) is 2. The number of amides is 1. The minimum atomic E-state index is -0.128. The molecule has 0 aliphatic carbocycles. The summed E-state index contributed by atoms with van der Waals surface area (Å²) in [5.41, 5.74) is 7.38. The molecule has 1 aromatic carbocycles. The summed E-state index contributed by atoms with van der Waals surface area (Å²) in [6, 6.07) is 5.38. The van der Waals surface area contributed by atoms with Gasteiger partial charge in [-0.1, -0.05) is 6.07 Å². The average Bonchev–Trinajstić information content (AvgIpc) is 2.20. The lowest BCUT2D eigenvalue weighted by Gasteiger charge is -2.07. The van der Waals surface area contributed by atoms with E-state index in [0.717, 1.165) is 5.56 Å². The summed E-state index contributed by atoms with van der Waals surface area (Å²) >= 11 is 0. The van der Waals surface area contributed by atoms with Crippen molar-refractivity contribution in [3.05, 3.63) is 23.8 Å². The molecule has 1 rings (SSSR count). The van der Waals surface area contributed by atoms with Crippen molar-refractivity contribution in [2.24, 2.45) is 0 Å². The van der Waals surface area contributed by atoms with Crippen molar-refractivity contribution in [3.63, 3.8) is 0 Å². The van der Waals surface area contributed by atoms with Crippen LogP contribution < -0.4 is 15.8 Å². The van der Waals surface area contributed by atoms with Gasteiger partial charge in [-0.15, -0.1) is 0 Å². The maximum atomic E-state index is 11.1. The fraction of sp³-hybridized carbons (Fsp3) is 0.364. The highest BCUT2D eigenvalue weighted by molar-refractivity contribution is 5.77. The Morgan fingerprint density at radius 1 is 1.53 bits per heavy atom. The van der Waals surface area contributed by atoms with Crippen molar-refractivity contribution < 1.29 is 9.53 Å². The molecule has 0 aliphatic rings. The fourth-order valence-corrected chi connectivity index (χ4v) is 1.11. The lowest BCUT2D eigenvalue weighted by molar-refractivity contribution is -0.122. The van der Waals surface area contributed by atoms with Crippen molar-refractivity contribution >= 4 is 11.6 Å². The second-order valence-corrected chi connectivity index (χ2v) is 3.26. The first-order chi connectivity index (χ1) is 7.13. The molecule has 0 saturated carbocycles. The van der Waals surface area contributed by atoms with E-state index < -0.39 is 0 Å². The van der Waals surface area contributed by atoms with Gasteiger partial charge in [0.25, 0.3) is 5.91 Å². The van der Waals surface area contributed by atoms with Crippen LogP contribution in [0.2, 0.25) is 0 Å². The molecule has 1 amide bonds. The van der Waals surface area contributed by atoms with E-state index in [1.54, 1.807) is 12.1 Å². The maximum Gasteiger partial charge on any atom is 0.257 e. The number of benzene rings is 1.